The number of nitrogens with one attached hydrogen (secondary N) is 2. The van der Waals surface area contributed by atoms with Gasteiger partial charge in [-0.3, -0.25) is 4.79 Å². The topological polar surface area (TPSA) is 41.1 Å². The Hall–Kier alpha value is -1.70. The van der Waals surface area contributed by atoms with Crippen LogP contribution in [0.3, 0.4) is 0 Å². The second-order valence-corrected chi connectivity index (χ2v) is 3.02. The summed E-state index contributed by atoms with van der Waals surface area (Å²) in [4.78, 5) is 11.0. The molecule has 0 unspecified atom stereocenters. The molecule has 0 aromatic heterocycles. The quantitative estimate of drug-likeness (QED) is 0.488. The first-order valence-electron chi connectivity index (χ1n) is 4.36. The van der Waals surface area contributed by atoms with E-state index in [0.717, 1.165) is 0 Å². The van der Waals surface area contributed by atoms with E-state index in [1.807, 2.05) is 0 Å². The first-order chi connectivity index (χ1) is 7.90. The lowest BCUT2D eigenvalue weighted by molar-refractivity contribution is -0.115. The van der Waals surface area contributed by atoms with Crippen LogP contribution in [-0.2, 0) is 4.79 Å². The lowest BCUT2D eigenvalue weighted by Crippen LogP contribution is -2.26. The predicted molar refractivity (Wildman–Crippen MR) is 48.8 cm³/mol. The highest BCUT2D eigenvalue weighted by molar-refractivity contribution is 5.92. The lowest BCUT2D eigenvalue weighted by Gasteiger charge is -2.09. The van der Waals surface area contributed by atoms with E-state index in [1.54, 1.807) is 5.32 Å². The van der Waals surface area contributed by atoms with Crippen LogP contribution in [0.4, 0.5) is 27.6 Å². The first-order valence-corrected chi connectivity index (χ1v) is 4.36. The van der Waals surface area contributed by atoms with Crippen molar-refractivity contribution in [2.45, 2.75) is 0 Å². The average molecular weight is 254 g/mol. The number of benzene rings is 1. The van der Waals surface area contributed by atoms with E-state index in [0.29, 0.717) is 0 Å². The number of amides is 1. The Morgan fingerprint density at radius 1 is 0.941 bits per heavy atom. The van der Waals surface area contributed by atoms with Gasteiger partial charge in [-0.1, -0.05) is 0 Å². The van der Waals surface area contributed by atoms with Gasteiger partial charge in [0.1, 0.15) is 5.69 Å². The summed E-state index contributed by atoms with van der Waals surface area (Å²) in [7, 11) is 1.37. The molecule has 17 heavy (non-hydrogen) atoms. The third kappa shape index (κ3) is 2.52. The monoisotopic (exact) mass is 254 g/mol. The van der Waals surface area contributed by atoms with Crippen molar-refractivity contribution in [1.82, 2.24) is 5.32 Å². The van der Waals surface area contributed by atoms with Gasteiger partial charge in [0.25, 0.3) is 0 Å². The van der Waals surface area contributed by atoms with Gasteiger partial charge in [-0.15, -0.1) is 0 Å². The van der Waals surface area contributed by atoms with Gasteiger partial charge in [0, 0.05) is 0 Å². The summed E-state index contributed by atoms with van der Waals surface area (Å²) < 4.78 is 64.1. The predicted octanol–water partition coefficient (Wildman–Crippen LogP) is 1.54. The molecule has 0 atom stereocenters. The Balaban J connectivity index is 3.20. The second kappa shape index (κ2) is 5.09. The third-order valence-electron chi connectivity index (χ3n) is 1.81. The van der Waals surface area contributed by atoms with Gasteiger partial charge < -0.3 is 10.6 Å². The fourth-order valence-electron chi connectivity index (χ4n) is 1.06. The molecule has 1 aromatic rings. The summed E-state index contributed by atoms with van der Waals surface area (Å²) in [5.41, 5.74) is -1.36. The van der Waals surface area contributed by atoms with E-state index in [4.69, 9.17) is 0 Å². The molecule has 1 aromatic carbocycles. The maximum Gasteiger partial charge on any atom is 0.238 e. The molecular weight excluding hydrogens is 247 g/mol. The van der Waals surface area contributed by atoms with Gasteiger partial charge >= 0.3 is 0 Å². The van der Waals surface area contributed by atoms with Crippen LogP contribution in [0.1, 0.15) is 0 Å². The van der Waals surface area contributed by atoms with Crippen molar-refractivity contribution >= 4 is 11.6 Å². The van der Waals surface area contributed by atoms with E-state index in [2.05, 4.69) is 5.32 Å². The molecule has 3 nitrogen and oxygen atoms in total. The number of halogens is 5. The van der Waals surface area contributed by atoms with E-state index in [1.165, 1.54) is 7.05 Å². The van der Waals surface area contributed by atoms with Crippen molar-refractivity contribution in [3.05, 3.63) is 29.1 Å². The SMILES string of the molecule is CNCC(=O)Nc1c(F)c(F)c(F)c(F)c1F. The molecule has 0 aliphatic heterocycles. The Morgan fingerprint density at radius 2 is 1.35 bits per heavy atom. The lowest BCUT2D eigenvalue weighted by atomic mass is 10.2. The summed E-state index contributed by atoms with van der Waals surface area (Å²) in [6, 6.07) is 0. The Kier molecular flexibility index (Phi) is 4.00. The Morgan fingerprint density at radius 3 is 1.76 bits per heavy atom. The molecule has 94 valence electrons. The van der Waals surface area contributed by atoms with Crippen LogP contribution < -0.4 is 10.6 Å². The molecule has 0 saturated heterocycles. The van der Waals surface area contributed by atoms with Crippen molar-refractivity contribution in [3.8, 4) is 0 Å². The van der Waals surface area contributed by atoms with Gasteiger partial charge in [0.05, 0.1) is 6.54 Å². The zero-order valence-electron chi connectivity index (χ0n) is 8.51. The number of carbonyl (C=O) groups is 1. The van der Waals surface area contributed by atoms with Crippen molar-refractivity contribution < 1.29 is 26.7 Å². The summed E-state index contributed by atoms with van der Waals surface area (Å²) >= 11 is 0. The molecule has 0 saturated carbocycles. The molecule has 8 heteroatoms. The first kappa shape index (κ1) is 13.4. The molecule has 1 amide bonds. The maximum atomic E-state index is 13.0. The third-order valence-corrected chi connectivity index (χ3v) is 1.81. The number of hydrogen-bond donors (Lipinski definition) is 2. The fourth-order valence-corrected chi connectivity index (χ4v) is 1.06. The Labute approximate surface area is 92.6 Å². The standard InChI is InChI=1S/C9H7F5N2O/c1-15-2-3(17)16-9-7(13)5(11)4(10)6(12)8(9)14/h15H,2H2,1H3,(H,16,17). The molecule has 0 spiro atoms. The van der Waals surface area contributed by atoms with Crippen molar-refractivity contribution in [3.63, 3.8) is 0 Å². The van der Waals surface area contributed by atoms with E-state index < -0.39 is 40.7 Å². The van der Waals surface area contributed by atoms with Gasteiger partial charge in [0.15, 0.2) is 23.3 Å². The molecule has 0 heterocycles. The van der Waals surface area contributed by atoms with E-state index in [-0.39, 0.29) is 6.54 Å². The van der Waals surface area contributed by atoms with Crippen molar-refractivity contribution in [1.29, 1.82) is 0 Å². The maximum absolute atomic E-state index is 13.0. The van der Waals surface area contributed by atoms with Crippen LogP contribution in [0, 0.1) is 29.1 Å². The minimum Gasteiger partial charge on any atom is -0.320 e. The molecule has 0 aliphatic rings. The van der Waals surface area contributed by atoms with Gasteiger partial charge in [0.2, 0.25) is 11.7 Å². The highest BCUT2D eigenvalue weighted by atomic mass is 19.2. The van der Waals surface area contributed by atoms with E-state index >= 15 is 0 Å². The molecule has 1 rings (SSSR count). The zero-order chi connectivity index (χ0) is 13.2. The highest BCUT2D eigenvalue weighted by Crippen LogP contribution is 2.26. The Bertz CT molecular complexity index is 434. The zero-order valence-corrected chi connectivity index (χ0v) is 8.51. The number of likely N-dealkylation sites (N-methyl/N-ethyl adjacent to an activating group) is 1. The molecule has 0 fully saturated rings. The van der Waals surface area contributed by atoms with E-state index in [9.17, 15) is 26.7 Å². The van der Waals surface area contributed by atoms with Crippen LogP contribution in [0.15, 0.2) is 0 Å². The van der Waals surface area contributed by atoms with Crippen LogP contribution in [-0.4, -0.2) is 19.5 Å². The number of rotatable bonds is 3. The van der Waals surface area contributed by atoms with Crippen molar-refractivity contribution in [2.75, 3.05) is 18.9 Å². The van der Waals surface area contributed by atoms with Gasteiger partial charge in [-0.05, 0) is 7.05 Å². The normalized spacial score (nSPS) is 10.5. The highest BCUT2D eigenvalue weighted by Gasteiger charge is 2.26. The fraction of sp³-hybridized carbons (Fsp3) is 0.222. The summed E-state index contributed by atoms with van der Waals surface area (Å²) in [6.45, 7) is -0.334. The molecule has 0 aliphatic carbocycles. The summed E-state index contributed by atoms with van der Waals surface area (Å²) in [5.74, 6) is -11.6. The van der Waals surface area contributed by atoms with Crippen LogP contribution in [0.25, 0.3) is 0 Å². The van der Waals surface area contributed by atoms with Crippen LogP contribution >= 0.6 is 0 Å². The van der Waals surface area contributed by atoms with Crippen LogP contribution in [0.5, 0.6) is 0 Å². The molecular formula is C9H7F5N2O. The van der Waals surface area contributed by atoms with Gasteiger partial charge in [-0.2, -0.15) is 0 Å². The van der Waals surface area contributed by atoms with Gasteiger partial charge in [-0.25, -0.2) is 22.0 Å². The largest absolute Gasteiger partial charge is 0.320 e. The minimum atomic E-state index is -2.27. The molecule has 0 radical (unpaired) electrons. The number of carbonyl (C=O) groups excluding carboxylic acids is 1. The van der Waals surface area contributed by atoms with Crippen LogP contribution in [0.2, 0.25) is 0 Å². The smallest absolute Gasteiger partial charge is 0.238 e. The number of anilines is 1. The number of hydrogen-bond acceptors (Lipinski definition) is 2. The van der Waals surface area contributed by atoms with Crippen molar-refractivity contribution in [2.24, 2.45) is 0 Å². The average Bonchev–Trinajstić information content (AvgIpc) is 2.30. The summed E-state index contributed by atoms with van der Waals surface area (Å²) in [5, 5.41) is 3.94. The molecule has 2 N–H and O–H groups in total. The molecule has 0 bridgehead atoms. The second-order valence-electron chi connectivity index (χ2n) is 3.02. The minimum absolute atomic E-state index is 0.334. The summed E-state index contributed by atoms with van der Waals surface area (Å²) in [6.07, 6.45) is 0.